The van der Waals surface area contributed by atoms with Crippen molar-refractivity contribution in [2.45, 2.75) is 19.9 Å². The van der Waals surface area contributed by atoms with E-state index in [2.05, 4.69) is 15.6 Å². The highest BCUT2D eigenvalue weighted by Gasteiger charge is 2.10. The van der Waals surface area contributed by atoms with Gasteiger partial charge in [0, 0.05) is 5.69 Å². The Hall–Kier alpha value is -3.48. The van der Waals surface area contributed by atoms with Crippen LogP contribution in [0.1, 0.15) is 12.5 Å². The van der Waals surface area contributed by atoms with Crippen LogP contribution in [0, 0.1) is 0 Å². The summed E-state index contributed by atoms with van der Waals surface area (Å²) in [6.45, 7) is 1.63. The lowest BCUT2D eigenvalue weighted by atomic mass is 10.1. The number of hydrogen-bond donors (Lipinski definition) is 2. The second kappa shape index (κ2) is 8.27. The third kappa shape index (κ3) is 4.38. The van der Waals surface area contributed by atoms with Crippen LogP contribution in [0.5, 0.6) is 0 Å². The van der Waals surface area contributed by atoms with Gasteiger partial charge >= 0.3 is 0 Å². The largest absolute Gasteiger partial charge is 0.345 e. The Balaban J connectivity index is 1.59. The molecule has 0 aliphatic heterocycles. The summed E-state index contributed by atoms with van der Waals surface area (Å²) in [5, 5.41) is 5.75. The topological polar surface area (TPSA) is 93.1 Å². The van der Waals surface area contributed by atoms with Gasteiger partial charge in [-0.1, -0.05) is 37.3 Å². The standard InChI is InChI=1S/C20H20N4O3/c1-2-14-7-3-5-9-16(14)23-18(25)11-21-19(26)12-24-13-22-17-10-6-4-8-15(17)20(24)27/h3-10,13H,2,11-12H2,1H3,(H,21,26)(H,23,25). The van der Waals surface area contributed by atoms with Gasteiger partial charge in [0.2, 0.25) is 11.8 Å². The average Bonchev–Trinajstić information content (AvgIpc) is 2.69. The second-order valence-electron chi connectivity index (χ2n) is 6.03. The smallest absolute Gasteiger partial charge is 0.261 e. The number of aryl methyl sites for hydroxylation is 1. The van der Waals surface area contributed by atoms with Gasteiger partial charge in [-0.05, 0) is 30.2 Å². The van der Waals surface area contributed by atoms with Gasteiger partial charge in [-0.2, -0.15) is 0 Å². The minimum Gasteiger partial charge on any atom is -0.345 e. The molecule has 7 nitrogen and oxygen atoms in total. The number of carbonyl (C=O) groups is 2. The van der Waals surface area contributed by atoms with Crippen molar-refractivity contribution < 1.29 is 9.59 Å². The summed E-state index contributed by atoms with van der Waals surface area (Å²) in [7, 11) is 0. The van der Waals surface area contributed by atoms with Gasteiger partial charge in [-0.15, -0.1) is 0 Å². The molecule has 7 heteroatoms. The van der Waals surface area contributed by atoms with Crippen molar-refractivity contribution in [1.29, 1.82) is 0 Å². The molecule has 2 aromatic carbocycles. The van der Waals surface area contributed by atoms with Crippen LogP contribution in [0.4, 0.5) is 5.69 Å². The van der Waals surface area contributed by atoms with E-state index in [0.29, 0.717) is 10.9 Å². The number of aromatic nitrogens is 2. The van der Waals surface area contributed by atoms with Crippen LogP contribution in [-0.4, -0.2) is 27.9 Å². The Morgan fingerprint density at radius 2 is 1.78 bits per heavy atom. The van der Waals surface area contributed by atoms with Crippen molar-refractivity contribution in [3.05, 3.63) is 70.8 Å². The van der Waals surface area contributed by atoms with Crippen molar-refractivity contribution in [1.82, 2.24) is 14.9 Å². The molecule has 0 bridgehead atoms. The molecule has 0 aliphatic rings. The van der Waals surface area contributed by atoms with Crippen LogP contribution in [0.3, 0.4) is 0 Å². The quantitative estimate of drug-likeness (QED) is 0.696. The van der Waals surface area contributed by atoms with E-state index in [9.17, 15) is 14.4 Å². The van der Waals surface area contributed by atoms with Gasteiger partial charge in [-0.3, -0.25) is 19.0 Å². The summed E-state index contributed by atoms with van der Waals surface area (Å²) in [4.78, 5) is 40.7. The third-order valence-electron chi connectivity index (χ3n) is 4.16. The van der Waals surface area contributed by atoms with E-state index in [4.69, 9.17) is 0 Å². The fourth-order valence-electron chi connectivity index (χ4n) is 2.75. The maximum absolute atomic E-state index is 12.4. The highest BCUT2D eigenvalue weighted by Crippen LogP contribution is 2.14. The molecule has 0 unspecified atom stereocenters. The molecule has 0 saturated heterocycles. The van der Waals surface area contributed by atoms with Gasteiger partial charge in [0.1, 0.15) is 6.54 Å². The molecule has 0 spiro atoms. The Kier molecular flexibility index (Phi) is 5.61. The minimum absolute atomic E-state index is 0.174. The summed E-state index contributed by atoms with van der Waals surface area (Å²) in [5.41, 5.74) is 2.03. The van der Waals surface area contributed by atoms with Gasteiger partial charge in [-0.25, -0.2) is 4.98 Å². The van der Waals surface area contributed by atoms with E-state index in [1.165, 1.54) is 10.9 Å². The molecular formula is C20H20N4O3. The predicted octanol–water partition coefficient (Wildman–Crippen LogP) is 1.71. The maximum Gasteiger partial charge on any atom is 0.261 e. The maximum atomic E-state index is 12.4. The van der Waals surface area contributed by atoms with E-state index < -0.39 is 5.91 Å². The number of rotatable bonds is 6. The van der Waals surface area contributed by atoms with Crippen LogP contribution in [-0.2, 0) is 22.6 Å². The first-order valence-electron chi connectivity index (χ1n) is 8.67. The van der Waals surface area contributed by atoms with Gasteiger partial charge < -0.3 is 10.6 Å². The number of hydrogen-bond acceptors (Lipinski definition) is 4. The van der Waals surface area contributed by atoms with Crippen molar-refractivity contribution in [3.63, 3.8) is 0 Å². The van der Waals surface area contributed by atoms with Crippen LogP contribution in [0.2, 0.25) is 0 Å². The molecule has 3 rings (SSSR count). The fraction of sp³-hybridized carbons (Fsp3) is 0.200. The van der Waals surface area contributed by atoms with E-state index in [-0.39, 0.29) is 24.6 Å². The lowest BCUT2D eigenvalue weighted by Gasteiger charge is -2.11. The average molecular weight is 364 g/mol. The SMILES string of the molecule is CCc1ccccc1NC(=O)CNC(=O)Cn1cnc2ccccc2c1=O. The van der Waals surface area contributed by atoms with E-state index >= 15 is 0 Å². The van der Waals surface area contributed by atoms with Crippen LogP contribution >= 0.6 is 0 Å². The highest BCUT2D eigenvalue weighted by atomic mass is 16.2. The van der Waals surface area contributed by atoms with Crippen molar-refractivity contribution in [2.24, 2.45) is 0 Å². The number of nitrogens with zero attached hydrogens (tertiary/aromatic N) is 2. The number of para-hydroxylation sites is 2. The number of carbonyl (C=O) groups excluding carboxylic acids is 2. The molecular weight excluding hydrogens is 344 g/mol. The monoisotopic (exact) mass is 364 g/mol. The first-order chi connectivity index (χ1) is 13.1. The molecule has 0 saturated carbocycles. The first kappa shape index (κ1) is 18.3. The molecule has 0 fully saturated rings. The van der Waals surface area contributed by atoms with Gasteiger partial charge in [0.25, 0.3) is 5.56 Å². The number of benzene rings is 2. The Morgan fingerprint density at radius 3 is 2.59 bits per heavy atom. The number of anilines is 1. The Labute approximate surface area is 156 Å². The highest BCUT2D eigenvalue weighted by molar-refractivity contribution is 5.95. The zero-order valence-electron chi connectivity index (χ0n) is 14.9. The van der Waals surface area contributed by atoms with E-state index in [0.717, 1.165) is 17.7 Å². The van der Waals surface area contributed by atoms with Gasteiger partial charge in [0.05, 0.1) is 23.8 Å². The molecule has 0 aliphatic carbocycles. The summed E-state index contributed by atoms with van der Waals surface area (Å²) >= 11 is 0. The molecule has 2 amide bonds. The minimum atomic E-state index is -0.437. The predicted molar refractivity (Wildman–Crippen MR) is 103 cm³/mol. The molecule has 0 atom stereocenters. The summed E-state index contributed by atoms with van der Waals surface area (Å²) in [6, 6.07) is 14.4. The molecule has 1 aromatic heterocycles. The fourth-order valence-corrected chi connectivity index (χ4v) is 2.75. The second-order valence-corrected chi connectivity index (χ2v) is 6.03. The summed E-state index contributed by atoms with van der Waals surface area (Å²) < 4.78 is 1.22. The molecule has 1 heterocycles. The van der Waals surface area contributed by atoms with Gasteiger partial charge in [0.15, 0.2) is 0 Å². The zero-order valence-corrected chi connectivity index (χ0v) is 14.9. The Morgan fingerprint density at radius 1 is 1.04 bits per heavy atom. The van der Waals surface area contributed by atoms with Crippen molar-refractivity contribution >= 4 is 28.4 Å². The van der Waals surface area contributed by atoms with Crippen LogP contribution < -0.4 is 16.2 Å². The lowest BCUT2D eigenvalue weighted by Crippen LogP contribution is -2.37. The lowest BCUT2D eigenvalue weighted by molar-refractivity contribution is -0.124. The Bertz CT molecular complexity index is 1040. The van der Waals surface area contributed by atoms with Crippen LogP contribution in [0.15, 0.2) is 59.7 Å². The molecule has 2 N–H and O–H groups in total. The number of nitrogens with one attached hydrogen (secondary N) is 2. The molecule has 138 valence electrons. The van der Waals surface area contributed by atoms with Crippen molar-refractivity contribution in [3.8, 4) is 0 Å². The normalized spacial score (nSPS) is 10.6. The van der Waals surface area contributed by atoms with Crippen molar-refractivity contribution in [2.75, 3.05) is 11.9 Å². The number of fused-ring (bicyclic) bond motifs is 1. The zero-order chi connectivity index (χ0) is 19.2. The molecule has 27 heavy (non-hydrogen) atoms. The molecule has 3 aromatic rings. The molecule has 0 radical (unpaired) electrons. The van der Waals surface area contributed by atoms with E-state index in [1.54, 1.807) is 24.3 Å². The summed E-state index contributed by atoms with van der Waals surface area (Å²) in [5.74, 6) is -0.763. The first-order valence-corrected chi connectivity index (χ1v) is 8.67. The third-order valence-corrected chi connectivity index (χ3v) is 4.16. The summed E-state index contributed by atoms with van der Waals surface area (Å²) in [6.07, 6.45) is 2.13. The van der Waals surface area contributed by atoms with Crippen LogP contribution in [0.25, 0.3) is 10.9 Å². The van der Waals surface area contributed by atoms with E-state index in [1.807, 2.05) is 31.2 Å². The number of amides is 2.